The summed E-state index contributed by atoms with van der Waals surface area (Å²) in [5.74, 6) is -0.725. The maximum absolute atomic E-state index is 12.7. The maximum atomic E-state index is 12.7. The lowest BCUT2D eigenvalue weighted by Gasteiger charge is -2.28. The monoisotopic (exact) mass is 509 g/mol. The second-order valence-electron chi connectivity index (χ2n) is 10.7. The van der Waals surface area contributed by atoms with Crippen LogP contribution in [-0.4, -0.2) is 43.4 Å². The van der Waals surface area contributed by atoms with E-state index in [1.165, 1.54) is 74.9 Å². The van der Waals surface area contributed by atoms with Crippen LogP contribution in [0.4, 0.5) is 0 Å². The minimum atomic E-state index is -3.78. The molecule has 1 aromatic rings. The van der Waals surface area contributed by atoms with Crippen molar-refractivity contribution >= 4 is 10.3 Å². The summed E-state index contributed by atoms with van der Waals surface area (Å²) in [4.78, 5) is 0. The Hall–Kier alpha value is -0.990. The lowest BCUT2D eigenvalue weighted by molar-refractivity contribution is -0.150. The van der Waals surface area contributed by atoms with Gasteiger partial charge in [-0.1, -0.05) is 114 Å². The van der Waals surface area contributed by atoms with Crippen LogP contribution >= 0.6 is 0 Å². The predicted molar refractivity (Wildman–Crippen MR) is 140 cm³/mol. The van der Waals surface area contributed by atoms with Gasteiger partial charge in [-0.25, -0.2) is 0 Å². The summed E-state index contributed by atoms with van der Waals surface area (Å²) in [6.07, 6.45) is 16.1. The van der Waals surface area contributed by atoms with Crippen LogP contribution in [0.1, 0.15) is 110 Å². The summed E-state index contributed by atoms with van der Waals surface area (Å²) < 4.78 is 44.6. The highest BCUT2D eigenvalue weighted by atomic mass is 32.2. The van der Waals surface area contributed by atoms with Gasteiger partial charge in [0.25, 0.3) is 0 Å². The second kappa shape index (κ2) is 14.1. The molecule has 0 aliphatic carbocycles. The Bertz CT molecular complexity index is 829. The molecule has 0 saturated carbocycles. The van der Waals surface area contributed by atoms with E-state index in [1.54, 1.807) is 0 Å². The average Bonchev–Trinajstić information content (AvgIpc) is 3.29. The smallest absolute Gasteiger partial charge is 0.339 e. The van der Waals surface area contributed by atoms with Crippen LogP contribution in [0.3, 0.4) is 0 Å². The summed E-state index contributed by atoms with van der Waals surface area (Å²) >= 11 is 0. The van der Waals surface area contributed by atoms with E-state index in [2.05, 4.69) is 6.92 Å². The van der Waals surface area contributed by atoms with Crippen LogP contribution in [0.25, 0.3) is 0 Å². The van der Waals surface area contributed by atoms with Gasteiger partial charge in [0, 0.05) is 6.54 Å². The Kier molecular flexibility index (Phi) is 11.5. The number of rotatable bonds is 16. The zero-order valence-corrected chi connectivity index (χ0v) is 22.9. The zero-order chi connectivity index (χ0) is 25.2. The molecule has 1 aromatic carbocycles. The van der Waals surface area contributed by atoms with Crippen molar-refractivity contribution in [1.29, 1.82) is 0 Å². The van der Waals surface area contributed by atoms with Crippen molar-refractivity contribution in [3.8, 4) is 0 Å². The normalized spacial score (nSPS) is 25.9. The molecular formula is C28H47NO5S. The molecule has 0 bridgehead atoms. The zero-order valence-electron chi connectivity index (χ0n) is 22.1. The van der Waals surface area contributed by atoms with Crippen molar-refractivity contribution in [2.75, 3.05) is 6.61 Å². The van der Waals surface area contributed by atoms with Crippen LogP contribution in [0.15, 0.2) is 30.3 Å². The molecule has 3 atom stereocenters. The number of hydrogen-bond acceptors (Lipinski definition) is 5. The molecule has 1 unspecified atom stereocenters. The molecule has 0 amide bonds. The van der Waals surface area contributed by atoms with Crippen molar-refractivity contribution in [2.24, 2.45) is 0 Å². The molecule has 6 nitrogen and oxygen atoms in total. The number of hydrogen-bond donors (Lipinski definition) is 0. The third-order valence-electron chi connectivity index (χ3n) is 7.17. The van der Waals surface area contributed by atoms with Crippen molar-refractivity contribution in [3.05, 3.63) is 35.9 Å². The Balaban J connectivity index is 1.43. The molecule has 7 heteroatoms. The van der Waals surface area contributed by atoms with Gasteiger partial charge in [0.2, 0.25) is 0 Å². The topological polar surface area (TPSA) is 65.1 Å². The van der Waals surface area contributed by atoms with Gasteiger partial charge in [-0.05, 0) is 25.8 Å². The first-order valence-corrected chi connectivity index (χ1v) is 15.2. The van der Waals surface area contributed by atoms with Gasteiger partial charge in [-0.15, -0.1) is 0 Å². The second-order valence-corrected chi connectivity index (χ2v) is 12.2. The Labute approximate surface area is 214 Å². The first-order chi connectivity index (χ1) is 16.8. The van der Waals surface area contributed by atoms with E-state index in [0.717, 1.165) is 18.4 Å². The Morgan fingerprint density at radius 2 is 1.43 bits per heavy atom. The fraction of sp³-hybridized carbons (Fsp3) is 0.786. The maximum Gasteiger partial charge on any atom is 0.339 e. The highest BCUT2D eigenvalue weighted by Gasteiger charge is 2.52. The molecule has 2 heterocycles. The summed E-state index contributed by atoms with van der Waals surface area (Å²) in [5, 5.41) is 0. The Morgan fingerprint density at radius 1 is 0.857 bits per heavy atom. The van der Waals surface area contributed by atoms with Crippen LogP contribution in [0, 0.1) is 0 Å². The van der Waals surface area contributed by atoms with Crippen LogP contribution in [0.2, 0.25) is 0 Å². The van der Waals surface area contributed by atoms with Crippen molar-refractivity contribution in [3.63, 3.8) is 0 Å². The molecule has 2 aliphatic rings. The lowest BCUT2D eigenvalue weighted by Crippen LogP contribution is -2.46. The van der Waals surface area contributed by atoms with E-state index in [0.29, 0.717) is 0 Å². The van der Waals surface area contributed by atoms with Crippen molar-refractivity contribution in [1.82, 2.24) is 4.31 Å². The molecule has 2 aliphatic heterocycles. The molecule has 3 rings (SSSR count). The standard InChI is InChI=1S/C28H47NO5S/c1-4-5-6-7-8-9-10-11-12-13-14-18-21-26-27(34-28(2,3)33-26)25-23-32-35(30,31)29(25)22-24-19-16-15-17-20-24/h15-17,19-20,25-27H,4-14,18,21-23H2,1-3H3/t25?,26-,27+/m1/s1. The Morgan fingerprint density at radius 3 is 2.03 bits per heavy atom. The molecular weight excluding hydrogens is 462 g/mol. The highest BCUT2D eigenvalue weighted by Crippen LogP contribution is 2.37. The largest absolute Gasteiger partial charge is 0.345 e. The number of benzene rings is 1. The number of unbranched alkanes of at least 4 members (excludes halogenated alkanes) is 11. The average molecular weight is 510 g/mol. The fourth-order valence-corrected chi connectivity index (χ4v) is 6.56. The quantitative estimate of drug-likeness (QED) is 0.231. The molecule has 2 fully saturated rings. The molecule has 0 spiro atoms. The molecule has 200 valence electrons. The molecule has 2 saturated heterocycles. The van der Waals surface area contributed by atoms with Crippen molar-refractivity contribution in [2.45, 2.75) is 135 Å². The van der Waals surface area contributed by atoms with E-state index in [1.807, 2.05) is 44.2 Å². The van der Waals surface area contributed by atoms with Gasteiger partial charge in [-0.3, -0.25) is 4.18 Å². The summed E-state index contributed by atoms with van der Waals surface area (Å²) in [7, 11) is -3.78. The van der Waals surface area contributed by atoms with Crippen LogP contribution < -0.4 is 0 Å². The third kappa shape index (κ3) is 9.12. The molecule has 0 N–H and O–H groups in total. The molecule has 0 radical (unpaired) electrons. The first-order valence-electron chi connectivity index (χ1n) is 13.9. The number of nitrogens with zero attached hydrogens (tertiary/aromatic N) is 1. The van der Waals surface area contributed by atoms with Gasteiger partial charge in [0.1, 0.15) is 6.10 Å². The van der Waals surface area contributed by atoms with E-state index >= 15 is 0 Å². The molecule has 35 heavy (non-hydrogen) atoms. The van der Waals surface area contributed by atoms with E-state index in [4.69, 9.17) is 13.7 Å². The highest BCUT2D eigenvalue weighted by molar-refractivity contribution is 7.84. The van der Waals surface area contributed by atoms with Gasteiger partial charge in [0.05, 0.1) is 18.8 Å². The van der Waals surface area contributed by atoms with Gasteiger partial charge in [-0.2, -0.15) is 12.7 Å². The van der Waals surface area contributed by atoms with Crippen molar-refractivity contribution < 1.29 is 22.1 Å². The van der Waals surface area contributed by atoms with E-state index in [9.17, 15) is 8.42 Å². The third-order valence-corrected chi connectivity index (χ3v) is 8.58. The van der Waals surface area contributed by atoms with E-state index in [-0.39, 0.29) is 31.4 Å². The number of ether oxygens (including phenoxy) is 2. The molecule has 0 aromatic heterocycles. The van der Waals surface area contributed by atoms with Gasteiger partial charge < -0.3 is 9.47 Å². The lowest BCUT2D eigenvalue weighted by atomic mass is 9.99. The fourth-order valence-electron chi connectivity index (χ4n) is 5.29. The summed E-state index contributed by atoms with van der Waals surface area (Å²) in [5.41, 5.74) is 0.933. The summed E-state index contributed by atoms with van der Waals surface area (Å²) in [6.45, 7) is 6.47. The van der Waals surface area contributed by atoms with Gasteiger partial charge >= 0.3 is 10.3 Å². The predicted octanol–water partition coefficient (Wildman–Crippen LogP) is 6.74. The first kappa shape index (κ1) is 28.6. The van der Waals surface area contributed by atoms with Crippen LogP contribution in [0.5, 0.6) is 0 Å². The summed E-state index contributed by atoms with van der Waals surface area (Å²) in [6, 6.07) is 9.25. The van der Waals surface area contributed by atoms with Crippen LogP contribution in [-0.2, 0) is 30.5 Å². The van der Waals surface area contributed by atoms with E-state index < -0.39 is 16.1 Å². The SMILES string of the molecule is CCCCCCCCCCCCCC[C@H]1OC(C)(C)O[C@H]1C1COS(=O)(=O)N1Cc1ccccc1. The minimum Gasteiger partial charge on any atom is -0.345 e. The van der Waals surface area contributed by atoms with Gasteiger partial charge in [0.15, 0.2) is 5.79 Å². The minimum absolute atomic E-state index is 0.105.